The van der Waals surface area contributed by atoms with Crippen molar-refractivity contribution < 1.29 is 4.79 Å². The van der Waals surface area contributed by atoms with Crippen LogP contribution in [0.25, 0.3) is 0 Å². The highest BCUT2D eigenvalue weighted by Gasteiger charge is 2.44. The van der Waals surface area contributed by atoms with Gasteiger partial charge < -0.3 is 10.2 Å². The summed E-state index contributed by atoms with van der Waals surface area (Å²) in [6.45, 7) is 6.04. The lowest BCUT2D eigenvalue weighted by Gasteiger charge is -2.42. The third kappa shape index (κ3) is 2.03. The molecular formula is C12H22N2O. The van der Waals surface area contributed by atoms with Gasteiger partial charge in [0.05, 0.1) is 0 Å². The Morgan fingerprint density at radius 3 is 2.67 bits per heavy atom. The molecule has 1 aliphatic carbocycles. The normalized spacial score (nSPS) is 25.5. The number of hydrogen-bond acceptors (Lipinski definition) is 2. The number of nitrogens with one attached hydrogen (secondary N) is 1. The molecule has 2 rings (SSSR count). The van der Waals surface area contributed by atoms with Gasteiger partial charge in [0.1, 0.15) is 0 Å². The predicted molar refractivity (Wildman–Crippen MR) is 60.6 cm³/mol. The molecule has 0 aromatic heterocycles. The maximum atomic E-state index is 12.4. The van der Waals surface area contributed by atoms with Crippen molar-refractivity contribution in [3.63, 3.8) is 0 Å². The first-order chi connectivity index (χ1) is 7.28. The zero-order valence-electron chi connectivity index (χ0n) is 9.72. The Morgan fingerprint density at radius 1 is 1.27 bits per heavy atom. The predicted octanol–water partition coefficient (Wildman–Crippen LogP) is 1.39. The quantitative estimate of drug-likeness (QED) is 0.747. The largest absolute Gasteiger partial charge is 0.341 e. The molecule has 15 heavy (non-hydrogen) atoms. The van der Waals surface area contributed by atoms with E-state index in [1.165, 1.54) is 6.42 Å². The Balaban J connectivity index is 1.98. The van der Waals surface area contributed by atoms with E-state index in [1.54, 1.807) is 0 Å². The molecule has 0 aromatic rings. The second-order valence-corrected chi connectivity index (χ2v) is 4.88. The van der Waals surface area contributed by atoms with E-state index < -0.39 is 0 Å². The van der Waals surface area contributed by atoms with Crippen LogP contribution in [-0.4, -0.2) is 37.0 Å². The van der Waals surface area contributed by atoms with Crippen LogP contribution < -0.4 is 5.32 Å². The van der Waals surface area contributed by atoms with Gasteiger partial charge in [-0.15, -0.1) is 0 Å². The van der Waals surface area contributed by atoms with Crippen LogP contribution in [0.4, 0.5) is 0 Å². The van der Waals surface area contributed by atoms with E-state index in [1.807, 2.05) is 0 Å². The fourth-order valence-electron chi connectivity index (χ4n) is 2.71. The topological polar surface area (TPSA) is 32.3 Å². The van der Waals surface area contributed by atoms with Gasteiger partial charge in [-0.25, -0.2) is 0 Å². The van der Waals surface area contributed by atoms with Gasteiger partial charge in [0.15, 0.2) is 0 Å². The van der Waals surface area contributed by atoms with E-state index in [0.717, 1.165) is 51.9 Å². The highest BCUT2D eigenvalue weighted by molar-refractivity contribution is 5.83. The van der Waals surface area contributed by atoms with Crippen molar-refractivity contribution in [3.05, 3.63) is 0 Å². The molecule has 2 fully saturated rings. The monoisotopic (exact) mass is 210 g/mol. The number of carbonyl (C=O) groups is 1. The zero-order valence-corrected chi connectivity index (χ0v) is 9.72. The first-order valence-electron chi connectivity index (χ1n) is 6.29. The molecule has 0 aromatic carbocycles. The van der Waals surface area contributed by atoms with Crippen LogP contribution in [0.15, 0.2) is 0 Å². The minimum atomic E-state index is 0.0321. The Kier molecular flexibility index (Phi) is 3.29. The minimum Gasteiger partial charge on any atom is -0.341 e. The second-order valence-electron chi connectivity index (χ2n) is 4.88. The lowest BCUT2D eigenvalue weighted by molar-refractivity contribution is -0.147. The summed E-state index contributed by atoms with van der Waals surface area (Å²) in [7, 11) is 0. The summed E-state index contributed by atoms with van der Waals surface area (Å²) < 4.78 is 0. The SMILES string of the molecule is CCC1(C(=O)N2CCCNCC2)CCC1. The van der Waals surface area contributed by atoms with E-state index in [4.69, 9.17) is 0 Å². The van der Waals surface area contributed by atoms with E-state index in [0.29, 0.717) is 5.91 Å². The Hall–Kier alpha value is -0.570. The lowest BCUT2D eigenvalue weighted by Crippen LogP contribution is -2.48. The molecular weight excluding hydrogens is 188 g/mol. The number of carbonyl (C=O) groups excluding carboxylic acids is 1. The van der Waals surface area contributed by atoms with E-state index in [2.05, 4.69) is 17.1 Å². The molecule has 3 heteroatoms. The van der Waals surface area contributed by atoms with E-state index >= 15 is 0 Å². The fraction of sp³-hybridized carbons (Fsp3) is 0.917. The number of amides is 1. The van der Waals surface area contributed by atoms with Gasteiger partial charge >= 0.3 is 0 Å². The summed E-state index contributed by atoms with van der Waals surface area (Å²) in [6.07, 6.45) is 5.60. The Morgan fingerprint density at radius 2 is 2.07 bits per heavy atom. The van der Waals surface area contributed by atoms with Crippen molar-refractivity contribution in [2.45, 2.75) is 39.0 Å². The van der Waals surface area contributed by atoms with Crippen molar-refractivity contribution in [3.8, 4) is 0 Å². The highest BCUT2D eigenvalue weighted by Crippen LogP contribution is 2.45. The lowest BCUT2D eigenvalue weighted by atomic mass is 9.66. The third-order valence-corrected chi connectivity index (χ3v) is 4.07. The van der Waals surface area contributed by atoms with Crippen LogP contribution in [0.5, 0.6) is 0 Å². The van der Waals surface area contributed by atoms with Gasteiger partial charge in [-0.05, 0) is 32.2 Å². The van der Waals surface area contributed by atoms with Gasteiger partial charge in [-0.1, -0.05) is 13.3 Å². The number of nitrogens with zero attached hydrogens (tertiary/aromatic N) is 1. The number of hydrogen-bond donors (Lipinski definition) is 1. The van der Waals surface area contributed by atoms with Crippen molar-refractivity contribution >= 4 is 5.91 Å². The van der Waals surface area contributed by atoms with Crippen LogP contribution in [0.1, 0.15) is 39.0 Å². The fourth-order valence-corrected chi connectivity index (χ4v) is 2.71. The molecule has 1 aliphatic heterocycles. The van der Waals surface area contributed by atoms with Crippen LogP contribution in [0.2, 0.25) is 0 Å². The summed E-state index contributed by atoms with van der Waals surface area (Å²) in [5, 5.41) is 3.34. The molecule has 0 spiro atoms. The first kappa shape index (κ1) is 10.9. The molecule has 1 heterocycles. The first-order valence-corrected chi connectivity index (χ1v) is 6.29. The number of rotatable bonds is 2. The van der Waals surface area contributed by atoms with Gasteiger partial charge in [0.2, 0.25) is 5.91 Å². The minimum absolute atomic E-state index is 0.0321. The van der Waals surface area contributed by atoms with E-state index in [-0.39, 0.29) is 5.41 Å². The zero-order chi connectivity index (χ0) is 10.7. The molecule has 2 aliphatic rings. The van der Waals surface area contributed by atoms with Gasteiger partial charge in [0.25, 0.3) is 0 Å². The highest BCUT2D eigenvalue weighted by atomic mass is 16.2. The van der Waals surface area contributed by atoms with Crippen molar-refractivity contribution in [2.24, 2.45) is 5.41 Å². The Bertz CT molecular complexity index is 222. The molecule has 1 N–H and O–H groups in total. The molecule has 1 amide bonds. The molecule has 0 unspecified atom stereocenters. The van der Waals surface area contributed by atoms with Gasteiger partial charge in [0, 0.05) is 25.0 Å². The maximum absolute atomic E-state index is 12.4. The van der Waals surface area contributed by atoms with Crippen molar-refractivity contribution in [1.29, 1.82) is 0 Å². The molecule has 0 bridgehead atoms. The third-order valence-electron chi connectivity index (χ3n) is 4.07. The second kappa shape index (κ2) is 4.52. The molecule has 1 saturated heterocycles. The maximum Gasteiger partial charge on any atom is 0.228 e. The summed E-state index contributed by atoms with van der Waals surface area (Å²) in [6, 6.07) is 0. The molecule has 3 nitrogen and oxygen atoms in total. The average Bonchev–Trinajstić information content (AvgIpc) is 2.44. The summed E-state index contributed by atoms with van der Waals surface area (Å²) in [5.74, 6) is 0.431. The van der Waals surface area contributed by atoms with Gasteiger partial charge in [-0.3, -0.25) is 4.79 Å². The van der Waals surface area contributed by atoms with Crippen molar-refractivity contribution in [2.75, 3.05) is 26.2 Å². The van der Waals surface area contributed by atoms with Crippen LogP contribution in [0, 0.1) is 5.41 Å². The smallest absolute Gasteiger partial charge is 0.228 e. The van der Waals surface area contributed by atoms with E-state index in [9.17, 15) is 4.79 Å². The summed E-state index contributed by atoms with van der Waals surface area (Å²) in [5.41, 5.74) is 0.0321. The van der Waals surface area contributed by atoms with Crippen LogP contribution in [0.3, 0.4) is 0 Å². The van der Waals surface area contributed by atoms with Gasteiger partial charge in [-0.2, -0.15) is 0 Å². The molecule has 1 saturated carbocycles. The summed E-state index contributed by atoms with van der Waals surface area (Å²) in [4.78, 5) is 14.5. The standard InChI is InChI=1S/C12H22N2O/c1-2-12(5-3-6-12)11(15)14-9-4-7-13-8-10-14/h13H,2-10H2,1H3. The van der Waals surface area contributed by atoms with Crippen molar-refractivity contribution in [1.82, 2.24) is 10.2 Å². The average molecular weight is 210 g/mol. The summed E-state index contributed by atoms with van der Waals surface area (Å²) >= 11 is 0. The molecule has 86 valence electrons. The van der Waals surface area contributed by atoms with Crippen LogP contribution in [-0.2, 0) is 4.79 Å². The Labute approximate surface area is 92.2 Å². The molecule has 0 radical (unpaired) electrons. The molecule has 0 atom stereocenters. The van der Waals surface area contributed by atoms with Crippen LogP contribution >= 0.6 is 0 Å².